The molecule has 0 unspecified atom stereocenters. The Morgan fingerprint density at radius 3 is 1.76 bits per heavy atom. The van der Waals surface area contributed by atoms with E-state index in [0.717, 1.165) is 0 Å². The Bertz CT molecular complexity index is 702. The summed E-state index contributed by atoms with van der Waals surface area (Å²) in [6.07, 6.45) is -2.14. The molecule has 0 fully saturated rings. The predicted molar refractivity (Wildman–Crippen MR) is 64.5 cm³/mol. The third-order valence-corrected chi connectivity index (χ3v) is 2.64. The number of hydrogen-bond acceptors (Lipinski definition) is 1. The number of aliphatic hydroxyl groups is 1. The lowest BCUT2D eigenvalue weighted by molar-refractivity contribution is 0.219. The van der Waals surface area contributed by atoms with E-state index < -0.39 is 40.8 Å². The lowest BCUT2D eigenvalue weighted by atomic mass is 10.1. The van der Waals surface area contributed by atoms with Crippen LogP contribution < -0.4 is 0 Å². The summed E-state index contributed by atoms with van der Waals surface area (Å²) in [5.41, 5.74) is -0.949. The lowest BCUT2D eigenvalue weighted by Crippen LogP contribution is -2.10. The van der Waals surface area contributed by atoms with E-state index >= 15 is 0 Å². The van der Waals surface area contributed by atoms with Crippen molar-refractivity contribution in [3.05, 3.63) is 70.5 Å². The smallest absolute Gasteiger partial charge is 0.200 e. The van der Waals surface area contributed by atoms with E-state index in [1.54, 1.807) is 30.3 Å². The molecule has 0 heterocycles. The highest BCUT2D eigenvalue weighted by molar-refractivity contribution is 5.37. The van der Waals surface area contributed by atoms with E-state index in [-0.39, 0.29) is 0 Å². The van der Waals surface area contributed by atoms with Gasteiger partial charge in [0, 0.05) is 5.56 Å². The van der Waals surface area contributed by atoms with Crippen LogP contribution in [0.5, 0.6) is 0 Å². The van der Waals surface area contributed by atoms with Crippen LogP contribution in [0.2, 0.25) is 0 Å². The standard InChI is InChI=1S/C15H7F5O/c16-11-10(12(17)14(19)15(20)13(11)18)9(21)7-6-8-4-2-1-3-5-8/h1-5,9,21H/t9-/m0/s1. The monoisotopic (exact) mass is 298 g/mol. The molecule has 0 aliphatic heterocycles. The molecular formula is C15H7F5O. The van der Waals surface area contributed by atoms with E-state index in [0.29, 0.717) is 5.56 Å². The van der Waals surface area contributed by atoms with Crippen molar-refractivity contribution in [1.82, 2.24) is 0 Å². The fourth-order valence-corrected chi connectivity index (χ4v) is 1.61. The summed E-state index contributed by atoms with van der Waals surface area (Å²) in [7, 11) is 0. The molecule has 0 aliphatic carbocycles. The molecule has 21 heavy (non-hydrogen) atoms. The zero-order valence-electron chi connectivity index (χ0n) is 10.3. The van der Waals surface area contributed by atoms with Gasteiger partial charge < -0.3 is 5.11 Å². The number of halogens is 5. The van der Waals surface area contributed by atoms with Crippen LogP contribution in [0, 0.1) is 40.9 Å². The third kappa shape index (κ3) is 2.88. The van der Waals surface area contributed by atoms with Crippen LogP contribution in [0.15, 0.2) is 30.3 Å². The summed E-state index contributed by atoms with van der Waals surface area (Å²) in [5, 5.41) is 9.57. The number of hydrogen-bond donors (Lipinski definition) is 1. The van der Waals surface area contributed by atoms with Gasteiger partial charge in [0.15, 0.2) is 23.3 Å². The largest absolute Gasteiger partial charge is 0.376 e. The summed E-state index contributed by atoms with van der Waals surface area (Å²) >= 11 is 0. The maximum Gasteiger partial charge on any atom is 0.200 e. The Morgan fingerprint density at radius 1 is 0.762 bits per heavy atom. The third-order valence-electron chi connectivity index (χ3n) is 2.64. The van der Waals surface area contributed by atoms with Gasteiger partial charge in [-0.25, -0.2) is 22.0 Å². The van der Waals surface area contributed by atoms with Crippen molar-refractivity contribution in [2.24, 2.45) is 0 Å². The first kappa shape index (κ1) is 15.0. The lowest BCUT2D eigenvalue weighted by Gasteiger charge is -2.09. The highest BCUT2D eigenvalue weighted by Crippen LogP contribution is 2.27. The Balaban J connectivity index is 2.46. The number of aliphatic hydroxyl groups excluding tert-OH is 1. The molecule has 6 heteroatoms. The maximum atomic E-state index is 13.4. The Labute approximate surface area is 116 Å². The summed E-state index contributed by atoms with van der Waals surface area (Å²) in [4.78, 5) is 0. The first-order valence-electron chi connectivity index (χ1n) is 5.69. The molecule has 0 amide bonds. The molecule has 2 aromatic carbocycles. The molecule has 0 radical (unpaired) electrons. The van der Waals surface area contributed by atoms with Crippen LogP contribution >= 0.6 is 0 Å². The van der Waals surface area contributed by atoms with Crippen LogP contribution in [0.1, 0.15) is 17.2 Å². The molecule has 0 aromatic heterocycles. The average molecular weight is 298 g/mol. The van der Waals surface area contributed by atoms with Gasteiger partial charge in [-0.1, -0.05) is 30.0 Å². The minimum absolute atomic E-state index is 0.417. The molecule has 2 aromatic rings. The van der Waals surface area contributed by atoms with Crippen molar-refractivity contribution in [2.75, 3.05) is 0 Å². The van der Waals surface area contributed by atoms with Crippen molar-refractivity contribution < 1.29 is 27.1 Å². The topological polar surface area (TPSA) is 20.2 Å². The van der Waals surface area contributed by atoms with E-state index in [1.807, 2.05) is 5.92 Å². The van der Waals surface area contributed by atoms with Gasteiger partial charge >= 0.3 is 0 Å². The average Bonchev–Trinajstić information content (AvgIpc) is 2.50. The molecule has 1 nitrogen and oxygen atoms in total. The van der Waals surface area contributed by atoms with Crippen molar-refractivity contribution in [3.8, 4) is 11.8 Å². The first-order valence-corrected chi connectivity index (χ1v) is 5.69. The number of rotatable bonds is 1. The van der Waals surface area contributed by atoms with Crippen LogP contribution in [-0.4, -0.2) is 5.11 Å². The van der Waals surface area contributed by atoms with Gasteiger partial charge in [-0.2, -0.15) is 0 Å². The van der Waals surface area contributed by atoms with E-state index in [9.17, 15) is 27.1 Å². The molecule has 0 saturated heterocycles. The summed E-state index contributed by atoms with van der Waals surface area (Å²) in [6, 6.07) is 8.08. The minimum atomic E-state index is -2.28. The highest BCUT2D eigenvalue weighted by Gasteiger charge is 2.28. The molecule has 1 N–H and O–H groups in total. The fraction of sp³-hybridized carbons (Fsp3) is 0.0667. The minimum Gasteiger partial charge on any atom is -0.376 e. The molecule has 108 valence electrons. The van der Waals surface area contributed by atoms with Crippen molar-refractivity contribution >= 4 is 0 Å². The van der Waals surface area contributed by atoms with Gasteiger partial charge in [-0.15, -0.1) is 0 Å². The molecule has 0 bridgehead atoms. The summed E-state index contributed by atoms with van der Waals surface area (Å²) < 4.78 is 65.7. The fourth-order valence-electron chi connectivity index (χ4n) is 1.61. The van der Waals surface area contributed by atoms with E-state index in [1.165, 1.54) is 0 Å². The van der Waals surface area contributed by atoms with Gasteiger partial charge in [-0.3, -0.25) is 0 Å². The summed E-state index contributed by atoms with van der Waals surface area (Å²) in [5.74, 6) is -6.30. The van der Waals surface area contributed by atoms with E-state index in [2.05, 4.69) is 5.92 Å². The van der Waals surface area contributed by atoms with Gasteiger partial charge in [0.1, 0.15) is 6.10 Å². The maximum absolute atomic E-state index is 13.4. The van der Waals surface area contributed by atoms with Crippen LogP contribution in [0.3, 0.4) is 0 Å². The quantitative estimate of drug-likeness (QED) is 0.370. The van der Waals surface area contributed by atoms with Crippen LogP contribution in [-0.2, 0) is 0 Å². The molecule has 2 rings (SSSR count). The molecule has 0 saturated carbocycles. The second-order valence-electron chi connectivity index (χ2n) is 4.02. The molecule has 0 spiro atoms. The molecule has 1 atom stereocenters. The number of benzene rings is 2. The zero-order chi connectivity index (χ0) is 15.6. The zero-order valence-corrected chi connectivity index (χ0v) is 10.3. The van der Waals surface area contributed by atoms with Gasteiger partial charge in [0.05, 0.1) is 5.56 Å². The van der Waals surface area contributed by atoms with Gasteiger partial charge in [0.25, 0.3) is 0 Å². The second-order valence-corrected chi connectivity index (χ2v) is 4.02. The van der Waals surface area contributed by atoms with Gasteiger partial charge in [0.2, 0.25) is 5.82 Å². The Morgan fingerprint density at radius 2 is 1.24 bits per heavy atom. The van der Waals surface area contributed by atoms with Crippen LogP contribution in [0.4, 0.5) is 22.0 Å². The highest BCUT2D eigenvalue weighted by atomic mass is 19.2. The Kier molecular flexibility index (Phi) is 4.24. The second kappa shape index (κ2) is 5.94. The van der Waals surface area contributed by atoms with Crippen molar-refractivity contribution in [2.45, 2.75) is 6.10 Å². The molecule has 0 aliphatic rings. The predicted octanol–water partition coefficient (Wildman–Crippen LogP) is 3.47. The van der Waals surface area contributed by atoms with Crippen LogP contribution in [0.25, 0.3) is 0 Å². The van der Waals surface area contributed by atoms with Gasteiger partial charge in [-0.05, 0) is 12.1 Å². The summed E-state index contributed by atoms with van der Waals surface area (Å²) in [6.45, 7) is 0. The van der Waals surface area contributed by atoms with E-state index in [4.69, 9.17) is 0 Å². The van der Waals surface area contributed by atoms with Crippen molar-refractivity contribution in [3.63, 3.8) is 0 Å². The normalized spacial score (nSPS) is 11.7. The SMILES string of the molecule is O[C@@H](C#Cc1ccccc1)c1c(F)c(F)c(F)c(F)c1F. The molecular weight excluding hydrogens is 291 g/mol. The Hall–Kier alpha value is -2.39. The van der Waals surface area contributed by atoms with Crippen molar-refractivity contribution in [1.29, 1.82) is 0 Å². The first-order chi connectivity index (χ1) is 9.93.